The first-order valence-electron chi connectivity index (χ1n) is 6.49. The Morgan fingerprint density at radius 3 is 2.43 bits per heavy atom. The fraction of sp³-hybridized carbons (Fsp3) is 0.133. The lowest BCUT2D eigenvalue weighted by molar-refractivity contribution is -0.385. The van der Waals surface area contributed by atoms with E-state index in [9.17, 15) is 14.9 Å². The van der Waals surface area contributed by atoms with Gasteiger partial charge in [-0.3, -0.25) is 14.9 Å². The molecule has 0 fully saturated rings. The van der Waals surface area contributed by atoms with Crippen LogP contribution in [0.15, 0.2) is 36.4 Å². The molecule has 23 heavy (non-hydrogen) atoms. The Labute approximate surface area is 147 Å². The third kappa shape index (κ3) is 4.13. The van der Waals surface area contributed by atoms with E-state index in [0.717, 1.165) is 5.56 Å². The van der Waals surface area contributed by atoms with Gasteiger partial charge in [-0.2, -0.15) is 0 Å². The van der Waals surface area contributed by atoms with Gasteiger partial charge in [0, 0.05) is 11.1 Å². The maximum atomic E-state index is 12.3. The molecule has 2 aromatic carbocycles. The zero-order valence-corrected chi connectivity index (χ0v) is 14.1. The quantitative estimate of drug-likeness (QED) is 0.602. The number of rotatable bonds is 4. The van der Waals surface area contributed by atoms with Crippen molar-refractivity contribution in [2.75, 3.05) is 0 Å². The molecule has 0 aliphatic heterocycles. The summed E-state index contributed by atoms with van der Waals surface area (Å²) in [5.41, 5.74) is 0.306. The Morgan fingerprint density at radius 1 is 1.13 bits per heavy atom. The summed E-state index contributed by atoms with van der Waals surface area (Å²) in [6, 6.07) is 8.35. The summed E-state index contributed by atoms with van der Waals surface area (Å²) in [7, 11) is 0. The van der Waals surface area contributed by atoms with Gasteiger partial charge in [-0.05, 0) is 36.8 Å². The minimum atomic E-state index is -0.630. The van der Waals surface area contributed by atoms with E-state index in [-0.39, 0.29) is 16.3 Å². The van der Waals surface area contributed by atoms with E-state index in [1.165, 1.54) is 18.2 Å². The van der Waals surface area contributed by atoms with Crippen molar-refractivity contribution >= 4 is 46.4 Å². The highest BCUT2D eigenvalue weighted by molar-refractivity contribution is 6.42. The number of benzene rings is 2. The van der Waals surface area contributed by atoms with Gasteiger partial charge in [-0.25, -0.2) is 0 Å². The van der Waals surface area contributed by atoms with E-state index in [1.54, 1.807) is 25.1 Å². The number of nitro groups is 1. The number of nitrogens with zero attached hydrogens (tertiary/aromatic N) is 1. The molecule has 8 heteroatoms. The second kappa shape index (κ2) is 7.17. The third-order valence-corrected chi connectivity index (χ3v) is 4.17. The van der Waals surface area contributed by atoms with Gasteiger partial charge in [-0.1, -0.05) is 40.9 Å². The molecule has 2 aromatic rings. The first-order valence-corrected chi connectivity index (χ1v) is 7.62. The van der Waals surface area contributed by atoms with Crippen LogP contribution in [0.5, 0.6) is 0 Å². The van der Waals surface area contributed by atoms with Crippen LogP contribution in [0.3, 0.4) is 0 Å². The molecule has 5 nitrogen and oxygen atoms in total. The Kier molecular flexibility index (Phi) is 5.46. The highest BCUT2D eigenvalue weighted by Crippen LogP contribution is 2.27. The molecule has 0 aliphatic carbocycles. The van der Waals surface area contributed by atoms with Gasteiger partial charge in [-0.15, -0.1) is 0 Å². The Balaban J connectivity index is 2.26. The van der Waals surface area contributed by atoms with Crippen molar-refractivity contribution < 1.29 is 9.72 Å². The van der Waals surface area contributed by atoms with Crippen molar-refractivity contribution in [2.45, 2.75) is 13.0 Å². The summed E-state index contributed by atoms with van der Waals surface area (Å²) in [6.45, 7) is 1.73. The number of amides is 1. The molecule has 0 aliphatic rings. The van der Waals surface area contributed by atoms with Crippen LogP contribution >= 0.6 is 34.8 Å². The Bertz CT molecular complexity index is 781. The lowest BCUT2D eigenvalue weighted by atomic mass is 10.1. The molecule has 0 spiro atoms. The minimum absolute atomic E-state index is 0.102. The molecular formula is C15H11Cl3N2O3. The number of hydrogen-bond donors (Lipinski definition) is 1. The summed E-state index contributed by atoms with van der Waals surface area (Å²) in [5.74, 6) is -0.599. The molecular weight excluding hydrogens is 363 g/mol. The van der Waals surface area contributed by atoms with Crippen molar-refractivity contribution in [3.63, 3.8) is 0 Å². The molecule has 1 amide bonds. The number of carbonyl (C=O) groups excluding carboxylic acids is 1. The largest absolute Gasteiger partial charge is 0.345 e. The number of halogens is 3. The molecule has 0 saturated heterocycles. The molecule has 1 N–H and O–H groups in total. The zero-order chi connectivity index (χ0) is 17.1. The maximum Gasteiger partial charge on any atom is 0.282 e. The topological polar surface area (TPSA) is 72.2 Å². The lowest BCUT2D eigenvalue weighted by Gasteiger charge is -2.15. The van der Waals surface area contributed by atoms with E-state index in [4.69, 9.17) is 34.8 Å². The average Bonchev–Trinajstić information content (AvgIpc) is 2.49. The van der Waals surface area contributed by atoms with Crippen LogP contribution in [0.1, 0.15) is 28.9 Å². The summed E-state index contributed by atoms with van der Waals surface area (Å²) >= 11 is 17.6. The Hall–Kier alpha value is -1.82. The molecule has 120 valence electrons. The first kappa shape index (κ1) is 17.5. The molecule has 0 radical (unpaired) electrons. The fourth-order valence-corrected chi connectivity index (χ4v) is 2.47. The number of nitrogens with one attached hydrogen (secondary N) is 1. The van der Waals surface area contributed by atoms with Crippen LogP contribution in [0.4, 0.5) is 5.69 Å². The lowest BCUT2D eigenvalue weighted by Crippen LogP contribution is -2.27. The molecule has 1 atom stereocenters. The predicted molar refractivity (Wildman–Crippen MR) is 90.4 cm³/mol. The van der Waals surface area contributed by atoms with Crippen molar-refractivity contribution in [3.05, 3.63) is 72.7 Å². The molecule has 2 rings (SSSR count). The normalized spacial score (nSPS) is 11.8. The van der Waals surface area contributed by atoms with Gasteiger partial charge in [0.15, 0.2) is 0 Å². The van der Waals surface area contributed by atoms with Crippen LogP contribution < -0.4 is 5.32 Å². The van der Waals surface area contributed by atoms with Crippen LogP contribution in [0, 0.1) is 10.1 Å². The van der Waals surface area contributed by atoms with Crippen molar-refractivity contribution in [3.8, 4) is 0 Å². The van der Waals surface area contributed by atoms with Crippen LogP contribution in [0.2, 0.25) is 15.1 Å². The molecule has 0 heterocycles. The van der Waals surface area contributed by atoms with E-state index < -0.39 is 16.9 Å². The van der Waals surface area contributed by atoms with Gasteiger partial charge >= 0.3 is 0 Å². The van der Waals surface area contributed by atoms with Gasteiger partial charge in [0.2, 0.25) is 0 Å². The molecule has 0 bridgehead atoms. The zero-order valence-electron chi connectivity index (χ0n) is 11.8. The molecule has 0 aromatic heterocycles. The van der Waals surface area contributed by atoms with Crippen LogP contribution in [0.25, 0.3) is 0 Å². The van der Waals surface area contributed by atoms with Gasteiger partial charge in [0.1, 0.15) is 5.56 Å². The summed E-state index contributed by atoms with van der Waals surface area (Å²) in [6.07, 6.45) is 0. The second-order valence-electron chi connectivity index (χ2n) is 4.79. The van der Waals surface area contributed by atoms with Crippen LogP contribution in [-0.4, -0.2) is 10.8 Å². The third-order valence-electron chi connectivity index (χ3n) is 3.19. The van der Waals surface area contributed by atoms with Gasteiger partial charge < -0.3 is 5.32 Å². The maximum absolute atomic E-state index is 12.3. The number of carbonyl (C=O) groups is 1. The summed E-state index contributed by atoms with van der Waals surface area (Å²) in [4.78, 5) is 22.7. The van der Waals surface area contributed by atoms with Crippen molar-refractivity contribution in [2.24, 2.45) is 0 Å². The van der Waals surface area contributed by atoms with E-state index in [2.05, 4.69) is 5.32 Å². The Morgan fingerprint density at radius 2 is 1.83 bits per heavy atom. The first-order chi connectivity index (χ1) is 10.8. The standard InChI is InChI=1S/C15H11Cl3N2O3/c1-8(9-2-4-12(17)13(18)6-9)19-15(21)11-7-10(16)3-5-14(11)20(22)23/h2-8H,1H3,(H,19,21). The van der Waals surface area contributed by atoms with Gasteiger partial charge in [0.05, 0.1) is 21.0 Å². The van der Waals surface area contributed by atoms with E-state index in [0.29, 0.717) is 10.0 Å². The van der Waals surface area contributed by atoms with Crippen molar-refractivity contribution in [1.82, 2.24) is 5.32 Å². The molecule has 1 unspecified atom stereocenters. The monoisotopic (exact) mass is 372 g/mol. The summed E-state index contributed by atoms with van der Waals surface area (Å²) < 4.78 is 0. The fourth-order valence-electron chi connectivity index (χ4n) is 1.99. The average molecular weight is 374 g/mol. The highest BCUT2D eigenvalue weighted by atomic mass is 35.5. The SMILES string of the molecule is CC(NC(=O)c1cc(Cl)ccc1[N+](=O)[O-])c1ccc(Cl)c(Cl)c1. The summed E-state index contributed by atoms with van der Waals surface area (Å²) in [5, 5.41) is 14.7. The molecule has 0 saturated carbocycles. The number of nitro benzene ring substituents is 1. The number of hydrogen-bond acceptors (Lipinski definition) is 3. The second-order valence-corrected chi connectivity index (χ2v) is 6.04. The predicted octanol–water partition coefficient (Wildman–Crippen LogP) is 5.05. The smallest absolute Gasteiger partial charge is 0.282 e. The van der Waals surface area contributed by atoms with Gasteiger partial charge in [0.25, 0.3) is 11.6 Å². The van der Waals surface area contributed by atoms with Crippen molar-refractivity contribution in [1.29, 1.82) is 0 Å². The minimum Gasteiger partial charge on any atom is -0.345 e. The van der Waals surface area contributed by atoms with Crippen LogP contribution in [-0.2, 0) is 0 Å². The van der Waals surface area contributed by atoms with E-state index in [1.807, 2.05) is 0 Å². The highest BCUT2D eigenvalue weighted by Gasteiger charge is 2.22. The van der Waals surface area contributed by atoms with E-state index >= 15 is 0 Å².